The molecule has 6 nitrogen and oxygen atoms in total. The molecule has 126 valence electrons. The van der Waals surface area contributed by atoms with Crippen LogP contribution in [0, 0.1) is 11.3 Å². The summed E-state index contributed by atoms with van der Waals surface area (Å²) in [5.74, 6) is -3.40. The van der Waals surface area contributed by atoms with Gasteiger partial charge in [0, 0.05) is 24.7 Å². The average Bonchev–Trinajstić information content (AvgIpc) is 2.94. The number of aromatic nitrogens is 4. The van der Waals surface area contributed by atoms with Crippen LogP contribution in [0.1, 0.15) is 32.1 Å². The number of nitrogens with zero attached hydrogens (tertiary/aromatic N) is 4. The summed E-state index contributed by atoms with van der Waals surface area (Å²) in [6.07, 6.45) is 8.39. The molecule has 2 fully saturated rings. The summed E-state index contributed by atoms with van der Waals surface area (Å²) >= 11 is 0. The number of alkyl halides is 2. The van der Waals surface area contributed by atoms with Crippen molar-refractivity contribution in [2.45, 2.75) is 38.0 Å². The molecule has 8 heteroatoms. The van der Waals surface area contributed by atoms with Crippen LogP contribution in [0.4, 0.5) is 14.5 Å². The van der Waals surface area contributed by atoms with Gasteiger partial charge >= 0.3 is 0 Å². The third kappa shape index (κ3) is 2.20. The Morgan fingerprint density at radius 2 is 2.29 bits per heavy atom. The maximum Gasteiger partial charge on any atom is 0.258 e. The second kappa shape index (κ2) is 5.32. The second-order valence-corrected chi connectivity index (χ2v) is 6.51. The topological polar surface area (TPSA) is 72.7 Å². The van der Waals surface area contributed by atoms with Gasteiger partial charge in [0.2, 0.25) is 5.91 Å². The van der Waals surface area contributed by atoms with Crippen molar-refractivity contribution >= 4 is 11.6 Å². The number of amides is 1. The van der Waals surface area contributed by atoms with Gasteiger partial charge in [-0.05, 0) is 18.9 Å². The van der Waals surface area contributed by atoms with Gasteiger partial charge in [-0.2, -0.15) is 5.10 Å². The Bertz CT molecular complexity index is 764. The van der Waals surface area contributed by atoms with Crippen LogP contribution in [-0.2, 0) is 4.79 Å². The van der Waals surface area contributed by atoms with E-state index >= 15 is 0 Å². The zero-order chi connectivity index (χ0) is 16.8. The van der Waals surface area contributed by atoms with Gasteiger partial charge < -0.3 is 5.32 Å². The normalized spacial score (nSPS) is 27.3. The lowest BCUT2D eigenvalue weighted by molar-refractivity contribution is -0.118. The molecule has 1 N–H and O–H groups in total. The molecule has 2 heterocycles. The van der Waals surface area contributed by atoms with Crippen LogP contribution >= 0.6 is 0 Å². The van der Waals surface area contributed by atoms with Crippen molar-refractivity contribution in [1.29, 1.82) is 0 Å². The van der Waals surface area contributed by atoms with Crippen molar-refractivity contribution in [2.75, 3.05) is 5.32 Å². The summed E-state index contributed by atoms with van der Waals surface area (Å²) in [5.41, 5.74) is -0.796. The van der Waals surface area contributed by atoms with E-state index in [0.717, 1.165) is 12.8 Å². The zero-order valence-corrected chi connectivity index (χ0v) is 13.0. The highest BCUT2D eigenvalue weighted by Gasteiger charge is 2.80. The van der Waals surface area contributed by atoms with Crippen molar-refractivity contribution in [3.05, 3.63) is 31.0 Å². The van der Waals surface area contributed by atoms with Crippen molar-refractivity contribution in [3.8, 4) is 5.82 Å². The minimum absolute atomic E-state index is 0.169. The Labute approximate surface area is 137 Å². The summed E-state index contributed by atoms with van der Waals surface area (Å²) in [7, 11) is 0. The Hall–Kier alpha value is -2.38. The van der Waals surface area contributed by atoms with Gasteiger partial charge in [-0.3, -0.25) is 4.79 Å². The minimum atomic E-state index is -2.72. The highest BCUT2D eigenvalue weighted by atomic mass is 19.3. The van der Waals surface area contributed by atoms with Crippen LogP contribution in [0.2, 0.25) is 0 Å². The first kappa shape index (κ1) is 15.2. The Morgan fingerprint density at radius 1 is 1.42 bits per heavy atom. The van der Waals surface area contributed by atoms with E-state index in [0.29, 0.717) is 24.3 Å². The number of halogens is 2. The molecule has 2 saturated carbocycles. The molecule has 2 aliphatic carbocycles. The number of fused-ring (bicyclic) bond motifs is 1. The number of rotatable bonds is 4. The molecular weight excluding hydrogens is 316 g/mol. The molecule has 0 aliphatic heterocycles. The Balaban J connectivity index is 1.52. The molecule has 2 aromatic heterocycles. The molecule has 1 amide bonds. The smallest absolute Gasteiger partial charge is 0.258 e. The molecule has 4 rings (SSSR count). The fourth-order valence-corrected chi connectivity index (χ4v) is 3.98. The average molecular weight is 333 g/mol. The number of hydrogen-bond acceptors (Lipinski definition) is 4. The zero-order valence-electron chi connectivity index (χ0n) is 13.0. The lowest BCUT2D eigenvalue weighted by atomic mass is 9.85. The molecule has 0 spiro atoms. The van der Waals surface area contributed by atoms with E-state index in [1.54, 1.807) is 18.5 Å². The van der Waals surface area contributed by atoms with Gasteiger partial charge in [0.05, 0.1) is 11.6 Å². The highest BCUT2D eigenvalue weighted by Crippen LogP contribution is 2.73. The molecule has 2 atom stereocenters. The van der Waals surface area contributed by atoms with Crippen LogP contribution in [0.15, 0.2) is 31.0 Å². The summed E-state index contributed by atoms with van der Waals surface area (Å²) < 4.78 is 29.8. The number of carbonyl (C=O) groups is 1. The predicted octanol–water partition coefficient (Wildman–Crippen LogP) is 2.82. The van der Waals surface area contributed by atoms with Crippen molar-refractivity contribution in [1.82, 2.24) is 19.7 Å². The molecular formula is C16H17F2N5O. The fourth-order valence-electron chi connectivity index (χ4n) is 3.98. The van der Waals surface area contributed by atoms with Gasteiger partial charge in [-0.1, -0.05) is 12.8 Å². The quantitative estimate of drug-likeness (QED) is 0.934. The van der Waals surface area contributed by atoms with Crippen molar-refractivity contribution < 1.29 is 13.6 Å². The summed E-state index contributed by atoms with van der Waals surface area (Å²) in [6.45, 7) is 0. The third-order valence-corrected chi connectivity index (χ3v) is 5.21. The van der Waals surface area contributed by atoms with Crippen LogP contribution in [0.25, 0.3) is 5.82 Å². The molecule has 2 aliphatic rings. The van der Waals surface area contributed by atoms with Gasteiger partial charge in [0.15, 0.2) is 5.82 Å². The minimum Gasteiger partial charge on any atom is -0.322 e. The highest BCUT2D eigenvalue weighted by molar-refractivity contribution is 5.93. The van der Waals surface area contributed by atoms with Crippen LogP contribution in [0.5, 0.6) is 0 Å². The molecule has 2 aromatic rings. The Kier molecular flexibility index (Phi) is 3.36. The first-order valence-electron chi connectivity index (χ1n) is 8.02. The van der Waals surface area contributed by atoms with Gasteiger partial charge in [-0.25, -0.2) is 23.4 Å². The summed E-state index contributed by atoms with van der Waals surface area (Å²) in [6, 6.07) is 1.73. The lowest BCUT2D eigenvalue weighted by Crippen LogP contribution is -2.23. The lowest BCUT2D eigenvalue weighted by Gasteiger charge is -2.20. The van der Waals surface area contributed by atoms with E-state index in [4.69, 9.17) is 0 Å². The number of hydrogen-bond donors (Lipinski definition) is 1. The molecule has 0 saturated heterocycles. The van der Waals surface area contributed by atoms with E-state index in [1.165, 1.54) is 17.2 Å². The molecule has 0 radical (unpaired) electrons. The molecule has 2 unspecified atom stereocenters. The van der Waals surface area contributed by atoms with Crippen LogP contribution < -0.4 is 5.32 Å². The first-order valence-corrected chi connectivity index (χ1v) is 8.02. The SMILES string of the molecule is O=C(CC12CCCCC1C2(F)F)Nc1cncnc1-n1cccn1. The van der Waals surface area contributed by atoms with Crippen LogP contribution in [-0.4, -0.2) is 31.6 Å². The van der Waals surface area contributed by atoms with E-state index in [-0.39, 0.29) is 6.42 Å². The van der Waals surface area contributed by atoms with Gasteiger partial charge in [-0.15, -0.1) is 0 Å². The first-order chi connectivity index (χ1) is 11.5. The second-order valence-electron chi connectivity index (χ2n) is 6.51. The fraction of sp³-hybridized carbons (Fsp3) is 0.500. The number of nitrogens with one attached hydrogen (secondary N) is 1. The maximum absolute atomic E-state index is 14.1. The Morgan fingerprint density at radius 3 is 3.04 bits per heavy atom. The summed E-state index contributed by atoms with van der Waals surface area (Å²) in [4.78, 5) is 20.4. The monoisotopic (exact) mass is 333 g/mol. The van der Waals surface area contributed by atoms with E-state index in [2.05, 4.69) is 20.4 Å². The van der Waals surface area contributed by atoms with Gasteiger partial charge in [0.25, 0.3) is 5.92 Å². The van der Waals surface area contributed by atoms with Gasteiger partial charge in [0.1, 0.15) is 12.0 Å². The van der Waals surface area contributed by atoms with Crippen molar-refractivity contribution in [3.63, 3.8) is 0 Å². The number of anilines is 1. The summed E-state index contributed by atoms with van der Waals surface area (Å²) in [5, 5.41) is 6.75. The van der Waals surface area contributed by atoms with E-state index in [9.17, 15) is 13.6 Å². The molecule has 24 heavy (non-hydrogen) atoms. The number of carbonyl (C=O) groups excluding carboxylic acids is 1. The van der Waals surface area contributed by atoms with E-state index in [1.807, 2.05) is 0 Å². The molecule has 0 aromatic carbocycles. The largest absolute Gasteiger partial charge is 0.322 e. The van der Waals surface area contributed by atoms with Crippen molar-refractivity contribution in [2.24, 2.45) is 11.3 Å². The predicted molar refractivity (Wildman–Crippen MR) is 81.7 cm³/mol. The standard InChI is InChI=1S/C16H17F2N5O/c17-16(18)12-4-1-2-5-15(12,16)8-13(24)22-11-9-19-10-20-14(11)23-7-3-6-21-23/h3,6-7,9-10,12H,1-2,4-5,8H2,(H,22,24). The molecule has 0 bridgehead atoms. The van der Waals surface area contributed by atoms with E-state index < -0.39 is 23.2 Å². The third-order valence-electron chi connectivity index (χ3n) is 5.21. The van der Waals surface area contributed by atoms with Crippen LogP contribution in [0.3, 0.4) is 0 Å². The maximum atomic E-state index is 14.1.